The van der Waals surface area contributed by atoms with E-state index in [1.54, 1.807) is 0 Å². The molecule has 0 heterocycles. The predicted molar refractivity (Wildman–Crippen MR) is 53.3 cm³/mol. The Morgan fingerprint density at radius 3 is 2.67 bits per heavy atom. The van der Waals surface area contributed by atoms with Gasteiger partial charge in [0.25, 0.3) is 0 Å². The van der Waals surface area contributed by atoms with Crippen molar-refractivity contribution in [2.45, 2.75) is 26.3 Å². The van der Waals surface area contributed by atoms with Crippen molar-refractivity contribution in [2.24, 2.45) is 5.73 Å². The van der Waals surface area contributed by atoms with Crippen LogP contribution < -0.4 is 11.1 Å². The third-order valence-electron chi connectivity index (χ3n) is 1.10. The van der Waals surface area contributed by atoms with E-state index in [9.17, 15) is 4.79 Å². The molecule has 0 rings (SSSR count). The number of hydrogen-bond acceptors (Lipinski definition) is 2. The Bertz CT molecular complexity index is 146. The number of halogens is 1. The molecule has 0 aromatic rings. The number of carbonyl (C=O) groups excluding carboxylic acids is 1. The first-order chi connectivity index (χ1) is 5.16. The van der Waals surface area contributed by atoms with Crippen LogP contribution in [0.3, 0.4) is 0 Å². The van der Waals surface area contributed by atoms with Gasteiger partial charge in [-0.2, -0.15) is 0 Å². The molecular formula is C8H17ClN2O. The number of nitrogens with two attached hydrogens (primary N) is 1. The lowest BCUT2D eigenvalue weighted by Gasteiger charge is -2.04. The molecule has 0 fully saturated rings. The maximum absolute atomic E-state index is 10.9. The van der Waals surface area contributed by atoms with Gasteiger partial charge in [-0.3, -0.25) is 4.79 Å². The van der Waals surface area contributed by atoms with E-state index < -0.39 is 0 Å². The van der Waals surface area contributed by atoms with Crippen molar-refractivity contribution in [1.29, 1.82) is 0 Å². The van der Waals surface area contributed by atoms with Gasteiger partial charge in [0.05, 0.1) is 0 Å². The zero-order valence-corrected chi connectivity index (χ0v) is 8.36. The Hall–Kier alpha value is -0.540. The van der Waals surface area contributed by atoms with Crippen LogP contribution in [0.1, 0.15) is 20.3 Å². The summed E-state index contributed by atoms with van der Waals surface area (Å²) < 4.78 is 0. The van der Waals surface area contributed by atoms with E-state index in [1.807, 2.05) is 19.9 Å². The number of hydrogen-bond donors (Lipinski definition) is 2. The molecule has 12 heavy (non-hydrogen) atoms. The predicted octanol–water partition coefficient (Wildman–Crippen LogP) is 0.838. The average molecular weight is 193 g/mol. The highest BCUT2D eigenvalue weighted by Crippen LogP contribution is 1.79. The lowest BCUT2D eigenvalue weighted by Crippen LogP contribution is -2.34. The largest absolute Gasteiger partial charge is 0.351 e. The summed E-state index contributed by atoms with van der Waals surface area (Å²) >= 11 is 0. The highest BCUT2D eigenvalue weighted by Gasteiger charge is 1.95. The molecular weight excluding hydrogens is 176 g/mol. The van der Waals surface area contributed by atoms with Crippen molar-refractivity contribution >= 4 is 18.3 Å². The van der Waals surface area contributed by atoms with Crippen molar-refractivity contribution in [2.75, 3.05) is 6.54 Å². The van der Waals surface area contributed by atoms with Crippen LogP contribution in [0, 0.1) is 0 Å². The Balaban J connectivity index is 0. The van der Waals surface area contributed by atoms with Crippen LogP contribution in [0.2, 0.25) is 0 Å². The molecule has 0 aromatic heterocycles. The van der Waals surface area contributed by atoms with Crippen LogP contribution in [-0.2, 0) is 4.79 Å². The van der Waals surface area contributed by atoms with Gasteiger partial charge in [-0.15, -0.1) is 12.4 Å². The van der Waals surface area contributed by atoms with E-state index in [0.717, 1.165) is 6.42 Å². The van der Waals surface area contributed by atoms with Crippen molar-refractivity contribution in [3.8, 4) is 0 Å². The second-order valence-corrected chi connectivity index (χ2v) is 2.53. The zero-order valence-electron chi connectivity index (χ0n) is 7.54. The Morgan fingerprint density at radius 1 is 1.67 bits per heavy atom. The summed E-state index contributed by atoms with van der Waals surface area (Å²) in [5, 5.41) is 2.67. The Kier molecular flexibility index (Phi) is 9.99. The lowest BCUT2D eigenvalue weighted by molar-refractivity contribution is -0.116. The monoisotopic (exact) mass is 192 g/mol. The van der Waals surface area contributed by atoms with Gasteiger partial charge in [-0.1, -0.05) is 13.0 Å². The van der Waals surface area contributed by atoms with Crippen LogP contribution in [0.15, 0.2) is 12.2 Å². The summed E-state index contributed by atoms with van der Waals surface area (Å²) in [5.74, 6) is -0.0656. The summed E-state index contributed by atoms with van der Waals surface area (Å²) in [5.41, 5.74) is 5.43. The summed E-state index contributed by atoms with van der Waals surface area (Å²) in [6.07, 6.45) is 4.23. The zero-order chi connectivity index (χ0) is 8.69. The molecule has 0 aliphatic heterocycles. The van der Waals surface area contributed by atoms with Crippen LogP contribution in [-0.4, -0.2) is 18.5 Å². The van der Waals surface area contributed by atoms with Crippen LogP contribution in [0.25, 0.3) is 0 Å². The molecule has 0 aliphatic carbocycles. The topological polar surface area (TPSA) is 55.1 Å². The highest BCUT2D eigenvalue weighted by molar-refractivity contribution is 5.87. The minimum atomic E-state index is -0.0656. The van der Waals surface area contributed by atoms with E-state index in [0.29, 0.717) is 6.54 Å². The van der Waals surface area contributed by atoms with Crippen molar-refractivity contribution < 1.29 is 4.79 Å². The number of carbonyl (C=O) groups is 1. The molecule has 3 N–H and O–H groups in total. The summed E-state index contributed by atoms with van der Waals surface area (Å²) in [7, 11) is 0. The molecule has 0 saturated carbocycles. The fourth-order valence-electron chi connectivity index (χ4n) is 0.545. The summed E-state index contributed by atoms with van der Waals surface area (Å²) in [6, 6.07) is 0.0222. The van der Waals surface area contributed by atoms with Crippen LogP contribution >= 0.6 is 12.4 Å². The van der Waals surface area contributed by atoms with Crippen molar-refractivity contribution in [3.63, 3.8) is 0 Å². The minimum Gasteiger partial charge on any atom is -0.351 e. The fraction of sp³-hybridized carbons (Fsp3) is 0.625. The molecule has 4 heteroatoms. The van der Waals surface area contributed by atoms with Gasteiger partial charge in [-0.25, -0.2) is 0 Å². The van der Waals surface area contributed by atoms with Gasteiger partial charge in [0, 0.05) is 12.6 Å². The van der Waals surface area contributed by atoms with Gasteiger partial charge in [0.1, 0.15) is 0 Å². The SMILES string of the molecule is CC/C=C/C(=O)NCC(C)N.Cl. The third kappa shape index (κ3) is 9.46. The molecule has 0 spiro atoms. The van der Waals surface area contributed by atoms with E-state index in [1.165, 1.54) is 6.08 Å². The minimum absolute atomic E-state index is 0. The third-order valence-corrected chi connectivity index (χ3v) is 1.10. The van der Waals surface area contributed by atoms with Gasteiger partial charge in [0.15, 0.2) is 0 Å². The van der Waals surface area contributed by atoms with Crippen LogP contribution in [0.4, 0.5) is 0 Å². The van der Waals surface area contributed by atoms with Gasteiger partial charge >= 0.3 is 0 Å². The van der Waals surface area contributed by atoms with Crippen molar-refractivity contribution in [1.82, 2.24) is 5.32 Å². The van der Waals surface area contributed by atoms with Crippen LogP contribution in [0.5, 0.6) is 0 Å². The molecule has 0 saturated heterocycles. The Labute approximate surface area is 79.8 Å². The second-order valence-electron chi connectivity index (χ2n) is 2.53. The maximum atomic E-state index is 10.9. The first-order valence-electron chi connectivity index (χ1n) is 3.86. The standard InChI is InChI=1S/C8H16N2O.ClH/c1-3-4-5-8(11)10-6-7(2)9;/h4-5,7H,3,6,9H2,1-2H3,(H,10,11);1H/b5-4+;. The summed E-state index contributed by atoms with van der Waals surface area (Å²) in [6.45, 7) is 4.37. The molecule has 0 radical (unpaired) electrons. The fourth-order valence-corrected chi connectivity index (χ4v) is 0.545. The number of nitrogens with one attached hydrogen (secondary N) is 1. The number of rotatable bonds is 4. The first-order valence-corrected chi connectivity index (χ1v) is 3.86. The van der Waals surface area contributed by atoms with Gasteiger partial charge in [0.2, 0.25) is 5.91 Å². The molecule has 1 unspecified atom stereocenters. The maximum Gasteiger partial charge on any atom is 0.243 e. The van der Waals surface area contributed by atoms with E-state index in [4.69, 9.17) is 5.73 Å². The molecule has 72 valence electrons. The molecule has 1 atom stereocenters. The molecule has 3 nitrogen and oxygen atoms in total. The van der Waals surface area contributed by atoms with Gasteiger partial charge < -0.3 is 11.1 Å². The second kappa shape index (κ2) is 8.56. The number of allylic oxidation sites excluding steroid dienone is 1. The van der Waals surface area contributed by atoms with E-state index >= 15 is 0 Å². The van der Waals surface area contributed by atoms with E-state index in [2.05, 4.69) is 5.32 Å². The molecule has 0 aliphatic rings. The van der Waals surface area contributed by atoms with Gasteiger partial charge in [-0.05, 0) is 19.4 Å². The normalized spacial score (nSPS) is 12.2. The molecule has 0 bridgehead atoms. The quantitative estimate of drug-likeness (QED) is 0.649. The molecule has 0 aromatic carbocycles. The van der Waals surface area contributed by atoms with E-state index in [-0.39, 0.29) is 24.4 Å². The summed E-state index contributed by atoms with van der Waals surface area (Å²) in [4.78, 5) is 10.9. The first kappa shape index (κ1) is 14.0. The highest BCUT2D eigenvalue weighted by atomic mass is 35.5. The lowest BCUT2D eigenvalue weighted by atomic mass is 10.3. The number of amides is 1. The average Bonchev–Trinajstić information content (AvgIpc) is 1.97. The smallest absolute Gasteiger partial charge is 0.243 e. The Morgan fingerprint density at radius 2 is 2.25 bits per heavy atom. The molecule has 1 amide bonds. The van der Waals surface area contributed by atoms with Crippen molar-refractivity contribution in [3.05, 3.63) is 12.2 Å².